The van der Waals surface area contributed by atoms with Crippen molar-refractivity contribution in [3.63, 3.8) is 0 Å². The van der Waals surface area contributed by atoms with Gasteiger partial charge in [-0.1, -0.05) is 0 Å². The van der Waals surface area contributed by atoms with Crippen LogP contribution in [-0.4, -0.2) is 55.6 Å². The Bertz CT molecular complexity index is 339. The normalized spacial score (nSPS) is 27.8. The first-order valence-electron chi connectivity index (χ1n) is 6.47. The fourth-order valence-corrected chi connectivity index (χ4v) is 2.63. The lowest BCUT2D eigenvalue weighted by Gasteiger charge is -2.42. The van der Waals surface area contributed by atoms with E-state index in [0.717, 1.165) is 0 Å². The van der Waals surface area contributed by atoms with Crippen molar-refractivity contribution in [2.45, 2.75) is 25.8 Å². The summed E-state index contributed by atoms with van der Waals surface area (Å²) in [7, 11) is 0. The van der Waals surface area contributed by atoms with Gasteiger partial charge in [-0.25, -0.2) is 0 Å². The summed E-state index contributed by atoms with van der Waals surface area (Å²) in [5.74, 6) is -0.0792. The monoisotopic (exact) mass is 255 g/mol. The molecule has 2 fully saturated rings. The van der Waals surface area contributed by atoms with Gasteiger partial charge in [-0.2, -0.15) is 0 Å². The molecular formula is C12H21N3O3. The smallest absolute Gasteiger partial charge is 0.242 e. The van der Waals surface area contributed by atoms with Gasteiger partial charge in [-0.05, 0) is 19.8 Å². The summed E-state index contributed by atoms with van der Waals surface area (Å²) in [6.45, 7) is 4.30. The molecule has 0 aliphatic carbocycles. The molecule has 1 unspecified atom stereocenters. The average molecular weight is 255 g/mol. The van der Waals surface area contributed by atoms with Gasteiger partial charge in [0.1, 0.15) is 6.04 Å². The van der Waals surface area contributed by atoms with Gasteiger partial charge in [-0.15, -0.1) is 0 Å². The number of nitrogens with one attached hydrogen (secondary N) is 1. The first kappa shape index (κ1) is 13.3. The van der Waals surface area contributed by atoms with Crippen molar-refractivity contribution in [2.24, 2.45) is 11.1 Å². The fraction of sp³-hybridized carbons (Fsp3) is 0.833. The second-order valence-electron chi connectivity index (χ2n) is 5.06. The fourth-order valence-electron chi connectivity index (χ4n) is 2.63. The van der Waals surface area contributed by atoms with Crippen molar-refractivity contribution in [1.29, 1.82) is 0 Å². The second-order valence-corrected chi connectivity index (χ2v) is 5.06. The first-order chi connectivity index (χ1) is 8.60. The highest BCUT2D eigenvalue weighted by Crippen LogP contribution is 2.32. The predicted octanol–water partition coefficient (Wildman–Crippen LogP) is -0.911. The highest BCUT2D eigenvalue weighted by Gasteiger charge is 2.44. The van der Waals surface area contributed by atoms with Crippen LogP contribution in [0, 0.1) is 5.41 Å². The molecule has 0 aromatic heterocycles. The van der Waals surface area contributed by atoms with Gasteiger partial charge in [0.2, 0.25) is 11.8 Å². The third kappa shape index (κ3) is 2.22. The van der Waals surface area contributed by atoms with Gasteiger partial charge in [0.25, 0.3) is 0 Å². The second kappa shape index (κ2) is 5.24. The maximum absolute atomic E-state index is 12.7. The van der Waals surface area contributed by atoms with E-state index >= 15 is 0 Å². The first-order valence-corrected chi connectivity index (χ1v) is 6.47. The molecule has 2 aliphatic rings. The van der Waals surface area contributed by atoms with E-state index < -0.39 is 11.5 Å². The van der Waals surface area contributed by atoms with Crippen molar-refractivity contribution in [3.05, 3.63) is 0 Å². The molecule has 2 aliphatic heterocycles. The largest absolute Gasteiger partial charge is 0.381 e. The number of ether oxygens (including phenoxy) is 1. The molecule has 6 heteroatoms. The standard InChI is InChI=1S/C12H21N3O3/c1-9-10(16)14-4-5-15(9)11(17)12(8-13)2-6-18-7-3-12/h9H,2-8,13H2,1H3,(H,14,16). The SMILES string of the molecule is CC1C(=O)NCCN1C(=O)C1(CN)CCOCC1. The van der Waals surface area contributed by atoms with Crippen LogP contribution in [0.1, 0.15) is 19.8 Å². The number of nitrogens with two attached hydrogens (primary N) is 1. The lowest BCUT2D eigenvalue weighted by Crippen LogP contribution is -2.61. The van der Waals surface area contributed by atoms with E-state index in [-0.39, 0.29) is 11.8 Å². The summed E-state index contributed by atoms with van der Waals surface area (Å²) in [6, 6.07) is -0.405. The Morgan fingerprint density at radius 2 is 2.22 bits per heavy atom. The molecular weight excluding hydrogens is 234 g/mol. The highest BCUT2D eigenvalue weighted by molar-refractivity contribution is 5.91. The molecule has 0 aromatic rings. The Kier molecular flexibility index (Phi) is 3.87. The van der Waals surface area contributed by atoms with Gasteiger partial charge in [0, 0.05) is 32.8 Å². The van der Waals surface area contributed by atoms with Crippen LogP contribution in [0.5, 0.6) is 0 Å². The molecule has 6 nitrogen and oxygen atoms in total. The highest BCUT2D eigenvalue weighted by atomic mass is 16.5. The number of rotatable bonds is 2. The Morgan fingerprint density at radius 1 is 1.56 bits per heavy atom. The van der Waals surface area contributed by atoms with E-state index in [4.69, 9.17) is 10.5 Å². The van der Waals surface area contributed by atoms with E-state index in [1.54, 1.807) is 11.8 Å². The Labute approximate surface area is 107 Å². The molecule has 102 valence electrons. The van der Waals surface area contributed by atoms with E-state index in [2.05, 4.69) is 5.32 Å². The average Bonchev–Trinajstić information content (AvgIpc) is 2.42. The third-order valence-electron chi connectivity index (χ3n) is 4.05. The summed E-state index contributed by atoms with van der Waals surface area (Å²) in [5, 5.41) is 2.76. The van der Waals surface area contributed by atoms with Crippen molar-refractivity contribution in [2.75, 3.05) is 32.8 Å². The van der Waals surface area contributed by atoms with Gasteiger partial charge >= 0.3 is 0 Å². The number of carbonyl (C=O) groups is 2. The van der Waals surface area contributed by atoms with Crippen LogP contribution < -0.4 is 11.1 Å². The molecule has 2 amide bonds. The summed E-state index contributed by atoms with van der Waals surface area (Å²) in [6.07, 6.45) is 1.29. The van der Waals surface area contributed by atoms with E-state index in [0.29, 0.717) is 45.7 Å². The van der Waals surface area contributed by atoms with E-state index in [1.165, 1.54) is 0 Å². The minimum atomic E-state index is -0.538. The van der Waals surface area contributed by atoms with E-state index in [1.807, 2.05) is 0 Å². The maximum Gasteiger partial charge on any atom is 0.242 e. The van der Waals surface area contributed by atoms with Crippen molar-refractivity contribution < 1.29 is 14.3 Å². The topological polar surface area (TPSA) is 84.7 Å². The molecule has 0 aromatic carbocycles. The quantitative estimate of drug-likeness (QED) is 0.669. The zero-order valence-electron chi connectivity index (χ0n) is 10.8. The molecule has 1 atom stereocenters. The molecule has 18 heavy (non-hydrogen) atoms. The summed E-state index contributed by atoms with van der Waals surface area (Å²) in [5.41, 5.74) is 5.28. The van der Waals surface area contributed by atoms with Crippen LogP contribution in [0.2, 0.25) is 0 Å². The molecule has 0 saturated carbocycles. The van der Waals surface area contributed by atoms with E-state index in [9.17, 15) is 9.59 Å². The number of carbonyl (C=O) groups excluding carboxylic acids is 2. The molecule has 0 bridgehead atoms. The number of hydrogen-bond donors (Lipinski definition) is 2. The van der Waals surface area contributed by atoms with Gasteiger partial charge in [0.15, 0.2) is 0 Å². The molecule has 0 spiro atoms. The van der Waals surface area contributed by atoms with Gasteiger partial charge in [-0.3, -0.25) is 9.59 Å². The van der Waals surface area contributed by atoms with Crippen molar-refractivity contribution >= 4 is 11.8 Å². The number of piperazine rings is 1. The Hall–Kier alpha value is -1.14. The Morgan fingerprint density at radius 3 is 2.83 bits per heavy atom. The number of hydrogen-bond acceptors (Lipinski definition) is 4. The van der Waals surface area contributed by atoms with Crippen LogP contribution in [0.3, 0.4) is 0 Å². The van der Waals surface area contributed by atoms with Crippen LogP contribution in [0.25, 0.3) is 0 Å². The number of amides is 2. The van der Waals surface area contributed by atoms with Crippen molar-refractivity contribution in [1.82, 2.24) is 10.2 Å². The predicted molar refractivity (Wildman–Crippen MR) is 65.7 cm³/mol. The van der Waals surface area contributed by atoms with Crippen LogP contribution in [0.15, 0.2) is 0 Å². The van der Waals surface area contributed by atoms with Crippen LogP contribution in [0.4, 0.5) is 0 Å². The molecule has 2 saturated heterocycles. The minimum Gasteiger partial charge on any atom is -0.381 e. The van der Waals surface area contributed by atoms with Crippen molar-refractivity contribution in [3.8, 4) is 0 Å². The molecule has 3 N–H and O–H groups in total. The van der Waals surface area contributed by atoms with Gasteiger partial charge < -0.3 is 20.7 Å². The zero-order valence-corrected chi connectivity index (χ0v) is 10.8. The zero-order chi connectivity index (χ0) is 13.2. The van der Waals surface area contributed by atoms with Crippen LogP contribution >= 0.6 is 0 Å². The molecule has 0 radical (unpaired) electrons. The van der Waals surface area contributed by atoms with Gasteiger partial charge in [0.05, 0.1) is 5.41 Å². The summed E-state index contributed by atoms with van der Waals surface area (Å²) in [4.78, 5) is 26.0. The Balaban J connectivity index is 2.15. The molecule has 2 heterocycles. The lowest BCUT2D eigenvalue weighted by molar-refractivity contribution is -0.154. The minimum absolute atomic E-state index is 0.00986. The third-order valence-corrected chi connectivity index (χ3v) is 4.05. The molecule has 2 rings (SSSR count). The summed E-state index contributed by atoms with van der Waals surface area (Å²) >= 11 is 0. The number of nitrogens with zero attached hydrogens (tertiary/aromatic N) is 1. The lowest BCUT2D eigenvalue weighted by atomic mass is 9.78. The maximum atomic E-state index is 12.7. The summed E-state index contributed by atoms with van der Waals surface area (Å²) < 4.78 is 5.31. The van der Waals surface area contributed by atoms with Crippen LogP contribution in [-0.2, 0) is 14.3 Å².